The molecule has 2 rings (SSSR count). The van der Waals surface area contributed by atoms with E-state index in [9.17, 15) is 23.1 Å². The molecule has 0 radical (unpaired) electrons. The van der Waals surface area contributed by atoms with Crippen LogP contribution >= 0.6 is 0 Å². The third-order valence-electron chi connectivity index (χ3n) is 4.31. The summed E-state index contributed by atoms with van der Waals surface area (Å²) in [5.74, 6) is -0.744. The average molecular weight is 369 g/mol. The quantitative estimate of drug-likeness (QED) is 0.676. The van der Waals surface area contributed by atoms with Crippen LogP contribution in [0.4, 0.5) is 0 Å². The Kier molecular flexibility index (Phi) is 6.05. The second kappa shape index (κ2) is 7.86. The second-order valence-corrected chi connectivity index (χ2v) is 8.35. The highest BCUT2D eigenvalue weighted by Gasteiger charge is 2.42. The lowest BCUT2D eigenvalue weighted by atomic mass is 9.97. The van der Waals surface area contributed by atoms with Gasteiger partial charge in [-0.3, -0.25) is 4.79 Å². The molecule has 0 spiro atoms. The van der Waals surface area contributed by atoms with Gasteiger partial charge in [0.2, 0.25) is 5.91 Å². The molecular weight excluding hydrogens is 346 g/mol. The molecule has 0 atom stereocenters. The van der Waals surface area contributed by atoms with Crippen molar-refractivity contribution in [2.75, 3.05) is 12.9 Å². The predicted molar refractivity (Wildman–Crippen MR) is 91.3 cm³/mol. The van der Waals surface area contributed by atoms with Crippen molar-refractivity contribution < 1.29 is 27.9 Å². The molecule has 0 unspecified atom stereocenters. The van der Waals surface area contributed by atoms with Crippen LogP contribution in [0, 0.1) is 0 Å². The zero-order chi connectivity index (χ0) is 18.5. The molecule has 1 aliphatic rings. The number of carbonyl (C=O) groups excluding carboxylic acids is 1. The normalized spacial score (nSPS) is 16.4. The molecular formula is C17H23NO6S. The highest BCUT2D eigenvalue weighted by Crippen LogP contribution is 2.30. The van der Waals surface area contributed by atoms with Gasteiger partial charge >= 0.3 is 5.97 Å². The van der Waals surface area contributed by atoms with E-state index < -0.39 is 21.3 Å². The van der Waals surface area contributed by atoms with Crippen molar-refractivity contribution in [1.29, 1.82) is 0 Å². The van der Waals surface area contributed by atoms with Crippen LogP contribution in [-0.2, 0) is 19.4 Å². The van der Waals surface area contributed by atoms with Gasteiger partial charge in [-0.15, -0.1) is 0 Å². The van der Waals surface area contributed by atoms with Crippen LogP contribution in [0.25, 0.3) is 0 Å². The van der Waals surface area contributed by atoms with E-state index in [1.807, 2.05) is 0 Å². The van der Waals surface area contributed by atoms with Gasteiger partial charge in [0.15, 0.2) is 9.84 Å². The minimum absolute atomic E-state index is 0.177. The third kappa shape index (κ3) is 5.19. The zero-order valence-corrected chi connectivity index (χ0v) is 15.0. The summed E-state index contributed by atoms with van der Waals surface area (Å²) in [4.78, 5) is 23.6. The van der Waals surface area contributed by atoms with Gasteiger partial charge in [-0.25, -0.2) is 13.2 Å². The Morgan fingerprint density at radius 3 is 2.32 bits per heavy atom. The van der Waals surface area contributed by atoms with Gasteiger partial charge < -0.3 is 15.2 Å². The summed E-state index contributed by atoms with van der Waals surface area (Å²) in [6.07, 6.45) is 4.30. The molecule has 0 saturated heterocycles. The van der Waals surface area contributed by atoms with E-state index in [0.717, 1.165) is 19.1 Å². The fourth-order valence-electron chi connectivity index (χ4n) is 2.91. The largest absolute Gasteiger partial charge is 0.494 e. The molecule has 1 aromatic rings. The number of aliphatic carboxylic acids is 1. The van der Waals surface area contributed by atoms with Crippen LogP contribution in [-0.4, -0.2) is 43.8 Å². The minimum atomic E-state index is -3.24. The van der Waals surface area contributed by atoms with E-state index in [2.05, 4.69) is 5.32 Å². The molecule has 1 aromatic carbocycles. The van der Waals surface area contributed by atoms with Crippen molar-refractivity contribution in [2.45, 2.75) is 49.0 Å². The van der Waals surface area contributed by atoms with Gasteiger partial charge in [0.05, 0.1) is 11.5 Å². The van der Waals surface area contributed by atoms with Crippen LogP contribution in [0.3, 0.4) is 0 Å². The van der Waals surface area contributed by atoms with Crippen LogP contribution in [0.2, 0.25) is 0 Å². The van der Waals surface area contributed by atoms with E-state index in [-0.39, 0.29) is 23.8 Å². The molecule has 7 nitrogen and oxygen atoms in total. The van der Waals surface area contributed by atoms with Crippen LogP contribution in [0.1, 0.15) is 38.5 Å². The van der Waals surface area contributed by atoms with Crippen molar-refractivity contribution >= 4 is 21.7 Å². The molecule has 0 bridgehead atoms. The number of amides is 1. The summed E-state index contributed by atoms with van der Waals surface area (Å²) in [6, 6.07) is 6.06. The number of ether oxygens (including phenoxy) is 1. The maximum Gasteiger partial charge on any atom is 0.329 e. The lowest BCUT2D eigenvalue weighted by Gasteiger charge is -2.25. The molecule has 1 fully saturated rings. The highest BCUT2D eigenvalue weighted by molar-refractivity contribution is 7.90. The molecule has 1 amide bonds. The topological polar surface area (TPSA) is 110 Å². The Balaban J connectivity index is 1.75. The van der Waals surface area contributed by atoms with Gasteiger partial charge in [-0.05, 0) is 43.5 Å². The van der Waals surface area contributed by atoms with Crippen LogP contribution < -0.4 is 10.1 Å². The molecule has 138 valence electrons. The number of hydrogen-bond acceptors (Lipinski definition) is 5. The van der Waals surface area contributed by atoms with E-state index in [4.69, 9.17) is 4.74 Å². The average Bonchev–Trinajstić information content (AvgIpc) is 3.01. The fraction of sp³-hybridized carbons (Fsp3) is 0.529. The van der Waals surface area contributed by atoms with Crippen molar-refractivity contribution in [3.05, 3.63) is 24.3 Å². The lowest BCUT2D eigenvalue weighted by molar-refractivity contribution is -0.147. The smallest absolute Gasteiger partial charge is 0.329 e. The Labute approximate surface area is 147 Å². The number of nitrogens with one attached hydrogen (secondary N) is 1. The number of carboxylic acids is 1. The van der Waals surface area contributed by atoms with Gasteiger partial charge in [0, 0.05) is 12.7 Å². The molecule has 0 heterocycles. The third-order valence-corrected chi connectivity index (χ3v) is 5.44. The van der Waals surface area contributed by atoms with E-state index in [0.29, 0.717) is 25.0 Å². The summed E-state index contributed by atoms with van der Waals surface area (Å²) in [7, 11) is -3.24. The van der Waals surface area contributed by atoms with Gasteiger partial charge in [-0.2, -0.15) is 0 Å². The van der Waals surface area contributed by atoms with Crippen molar-refractivity contribution in [3.63, 3.8) is 0 Å². The first kappa shape index (κ1) is 19.2. The molecule has 1 aliphatic carbocycles. The fourth-order valence-corrected chi connectivity index (χ4v) is 3.54. The van der Waals surface area contributed by atoms with Crippen LogP contribution in [0.5, 0.6) is 5.75 Å². The highest BCUT2D eigenvalue weighted by atomic mass is 32.2. The number of hydrogen-bond donors (Lipinski definition) is 2. The molecule has 2 N–H and O–H groups in total. The molecule has 8 heteroatoms. The summed E-state index contributed by atoms with van der Waals surface area (Å²) in [6.45, 7) is 0.283. The first-order chi connectivity index (χ1) is 11.7. The van der Waals surface area contributed by atoms with Crippen molar-refractivity contribution in [2.24, 2.45) is 0 Å². The number of carbonyl (C=O) groups is 2. The number of rotatable bonds is 8. The van der Waals surface area contributed by atoms with Crippen molar-refractivity contribution in [3.8, 4) is 5.75 Å². The van der Waals surface area contributed by atoms with Crippen molar-refractivity contribution in [1.82, 2.24) is 5.32 Å². The first-order valence-corrected chi connectivity index (χ1v) is 10.1. The summed E-state index contributed by atoms with van der Waals surface area (Å²) in [5.41, 5.74) is -1.11. The lowest BCUT2D eigenvalue weighted by Crippen LogP contribution is -2.52. The molecule has 0 aliphatic heterocycles. The van der Waals surface area contributed by atoms with Gasteiger partial charge in [0.1, 0.15) is 11.3 Å². The Hall–Kier alpha value is -2.09. The predicted octanol–water partition coefficient (Wildman–Crippen LogP) is 1.76. The summed E-state index contributed by atoms with van der Waals surface area (Å²) in [5, 5.41) is 12.0. The summed E-state index contributed by atoms with van der Waals surface area (Å²) >= 11 is 0. The molecule has 0 aromatic heterocycles. The Morgan fingerprint density at radius 1 is 1.20 bits per heavy atom. The first-order valence-electron chi connectivity index (χ1n) is 8.20. The zero-order valence-electron chi connectivity index (χ0n) is 14.2. The maximum atomic E-state index is 12.0. The minimum Gasteiger partial charge on any atom is -0.494 e. The SMILES string of the molecule is CS(=O)(=O)c1ccc(OCCCC(=O)NC2(C(=O)O)CCCC2)cc1. The Bertz CT molecular complexity index is 720. The van der Waals surface area contributed by atoms with E-state index in [1.54, 1.807) is 12.1 Å². The van der Waals surface area contributed by atoms with Gasteiger partial charge in [-0.1, -0.05) is 12.8 Å². The standard InChI is InChI=1S/C17H23NO6S/c1-25(22,23)14-8-6-13(7-9-14)24-12-4-5-15(19)18-17(16(20)21)10-2-3-11-17/h6-9H,2-5,10-12H2,1H3,(H,18,19)(H,20,21). The number of sulfone groups is 1. The van der Waals surface area contributed by atoms with E-state index in [1.165, 1.54) is 12.1 Å². The van der Waals surface area contributed by atoms with E-state index >= 15 is 0 Å². The maximum absolute atomic E-state index is 12.0. The Morgan fingerprint density at radius 2 is 1.80 bits per heavy atom. The summed E-state index contributed by atoms with van der Waals surface area (Å²) < 4.78 is 28.2. The monoisotopic (exact) mass is 369 g/mol. The number of benzene rings is 1. The van der Waals surface area contributed by atoms with Gasteiger partial charge in [0.25, 0.3) is 0 Å². The second-order valence-electron chi connectivity index (χ2n) is 6.34. The molecule has 1 saturated carbocycles. The number of carboxylic acid groups (broad SMARTS) is 1. The molecule has 25 heavy (non-hydrogen) atoms. The van der Waals surface area contributed by atoms with Crippen LogP contribution in [0.15, 0.2) is 29.2 Å².